The van der Waals surface area contributed by atoms with E-state index in [1.54, 1.807) is 0 Å². The molecule has 0 aromatic heterocycles. The molecule has 2 fully saturated rings. The molecule has 0 N–H and O–H groups in total. The number of hydrogen-bond acceptors (Lipinski definition) is 0. The second-order valence-electron chi connectivity index (χ2n) is 13.8. The van der Waals surface area contributed by atoms with E-state index >= 15 is 0 Å². The van der Waals surface area contributed by atoms with Crippen molar-refractivity contribution in [2.75, 3.05) is 0 Å². The lowest BCUT2D eigenvalue weighted by atomic mass is 9.66. The molecule has 0 nitrogen and oxygen atoms in total. The normalized spacial score (nSPS) is 30.9. The fraction of sp³-hybridized carbons (Fsp3) is 1.00. The maximum absolute atomic E-state index is 2.40. The predicted molar refractivity (Wildman–Crippen MR) is 119 cm³/mol. The monoisotopic (exact) mass is 364 g/mol. The van der Waals surface area contributed by atoms with Crippen LogP contribution in [-0.4, -0.2) is 0 Å². The van der Waals surface area contributed by atoms with E-state index in [9.17, 15) is 0 Å². The summed E-state index contributed by atoms with van der Waals surface area (Å²) in [6.07, 6.45) is 8.70. The summed E-state index contributed by atoms with van der Waals surface area (Å²) in [4.78, 5) is 0. The Kier molecular flexibility index (Phi) is 7.55. The maximum atomic E-state index is 2.40. The average molecular weight is 365 g/mol. The van der Waals surface area contributed by atoms with Crippen molar-refractivity contribution < 1.29 is 0 Å². The van der Waals surface area contributed by atoms with Crippen molar-refractivity contribution in [3.63, 3.8) is 0 Å². The molecule has 0 radical (unpaired) electrons. The Morgan fingerprint density at radius 1 is 0.346 bits per heavy atom. The predicted octanol–water partition coefficient (Wildman–Crippen LogP) is 8.99. The molecule has 0 bridgehead atoms. The molecule has 0 heteroatoms. The highest BCUT2D eigenvalue weighted by Gasteiger charge is 2.42. The second-order valence-corrected chi connectivity index (χ2v) is 13.8. The molecule has 156 valence electrons. The van der Waals surface area contributed by atoms with Crippen LogP contribution in [0.3, 0.4) is 0 Å². The zero-order valence-electron chi connectivity index (χ0n) is 20.6. The average Bonchev–Trinajstić information content (AvgIpc) is 3.06. The fourth-order valence-corrected chi connectivity index (χ4v) is 6.07. The molecule has 0 aliphatic heterocycles. The highest BCUT2D eigenvalue weighted by Crippen LogP contribution is 2.51. The number of rotatable bonds is 0. The quantitative estimate of drug-likeness (QED) is 0.402. The fourth-order valence-electron chi connectivity index (χ4n) is 6.07. The second kappa shape index (κ2) is 8.16. The van der Waals surface area contributed by atoms with Gasteiger partial charge in [0.15, 0.2) is 0 Å². The molecule has 0 amide bonds. The van der Waals surface area contributed by atoms with E-state index in [0.29, 0.717) is 21.7 Å². The summed E-state index contributed by atoms with van der Waals surface area (Å²) < 4.78 is 0. The Labute approximate surface area is 167 Å². The molecular weight excluding hydrogens is 312 g/mol. The van der Waals surface area contributed by atoms with Gasteiger partial charge in [0.1, 0.15) is 0 Å². The van der Waals surface area contributed by atoms with Crippen molar-refractivity contribution in [2.45, 2.75) is 122 Å². The van der Waals surface area contributed by atoms with Crippen molar-refractivity contribution >= 4 is 0 Å². The van der Waals surface area contributed by atoms with Crippen LogP contribution in [0.25, 0.3) is 0 Å². The van der Waals surface area contributed by atoms with Gasteiger partial charge in [0.2, 0.25) is 0 Å². The van der Waals surface area contributed by atoms with Gasteiger partial charge in [-0.3, -0.25) is 0 Å². The highest BCUT2D eigenvalue weighted by atomic mass is 14.5. The van der Waals surface area contributed by atoms with Gasteiger partial charge in [0.25, 0.3) is 0 Å². The van der Waals surface area contributed by atoms with Crippen molar-refractivity contribution in [3.8, 4) is 0 Å². The Hall–Kier alpha value is 0. The molecule has 0 heterocycles. The summed E-state index contributed by atoms with van der Waals surface area (Å²) in [6, 6.07) is 0. The van der Waals surface area contributed by atoms with E-state index in [-0.39, 0.29) is 0 Å². The Bertz CT molecular complexity index is 333. The molecule has 2 aliphatic carbocycles. The van der Waals surface area contributed by atoms with Gasteiger partial charge in [-0.15, -0.1) is 0 Å². The lowest BCUT2D eigenvalue weighted by molar-refractivity contribution is 0.0992. The Morgan fingerprint density at radius 2 is 0.500 bits per heavy atom. The lowest BCUT2D eigenvalue weighted by Crippen LogP contribution is -2.32. The summed E-state index contributed by atoms with van der Waals surface area (Å²) in [5.74, 6) is 3.75. The van der Waals surface area contributed by atoms with Crippen LogP contribution in [0, 0.1) is 45.3 Å². The molecule has 2 saturated carbocycles. The van der Waals surface area contributed by atoms with Crippen molar-refractivity contribution in [3.05, 3.63) is 0 Å². The molecule has 2 aliphatic rings. The van der Waals surface area contributed by atoms with Crippen LogP contribution in [-0.2, 0) is 0 Å². The molecule has 2 rings (SSSR count). The van der Waals surface area contributed by atoms with Crippen LogP contribution >= 0.6 is 0 Å². The first-order valence-electron chi connectivity index (χ1n) is 11.5. The van der Waals surface area contributed by atoms with Gasteiger partial charge in [0, 0.05) is 0 Å². The van der Waals surface area contributed by atoms with Gasteiger partial charge in [-0.1, -0.05) is 95.9 Å². The van der Waals surface area contributed by atoms with Crippen molar-refractivity contribution in [1.82, 2.24) is 0 Å². The van der Waals surface area contributed by atoms with Gasteiger partial charge in [-0.2, -0.15) is 0 Å². The standard InChI is InChI=1S/2C13H26/c2*1-12(2,3)10-8-7-9-11(10)13(4,5)6/h2*10-11H,7-9H2,1-6H3/t10-,11+;. The third-order valence-electron chi connectivity index (χ3n) is 7.48. The molecule has 2 unspecified atom stereocenters. The molecular formula is C26H52. The van der Waals surface area contributed by atoms with E-state index in [1.165, 1.54) is 38.5 Å². The summed E-state index contributed by atoms with van der Waals surface area (Å²) >= 11 is 0. The summed E-state index contributed by atoms with van der Waals surface area (Å²) in [5.41, 5.74) is 2.03. The highest BCUT2D eigenvalue weighted by molar-refractivity contribution is 4.92. The van der Waals surface area contributed by atoms with Crippen LogP contribution in [0.4, 0.5) is 0 Å². The molecule has 0 aromatic rings. The molecule has 26 heavy (non-hydrogen) atoms. The topological polar surface area (TPSA) is 0 Å². The van der Waals surface area contributed by atoms with Crippen LogP contribution < -0.4 is 0 Å². The Morgan fingerprint density at radius 3 is 0.615 bits per heavy atom. The third kappa shape index (κ3) is 6.56. The van der Waals surface area contributed by atoms with E-state index in [2.05, 4.69) is 83.1 Å². The van der Waals surface area contributed by atoms with Gasteiger partial charge in [0.05, 0.1) is 0 Å². The minimum absolute atomic E-state index is 0.508. The minimum atomic E-state index is 0.508. The summed E-state index contributed by atoms with van der Waals surface area (Å²) in [6.45, 7) is 28.9. The smallest absolute Gasteiger partial charge is 0.0332 e. The largest absolute Gasteiger partial charge is 0.0599 e. The van der Waals surface area contributed by atoms with Crippen molar-refractivity contribution in [2.24, 2.45) is 45.3 Å². The lowest BCUT2D eigenvalue weighted by Gasteiger charge is -2.39. The van der Waals surface area contributed by atoms with E-state index in [0.717, 1.165) is 23.7 Å². The van der Waals surface area contributed by atoms with Gasteiger partial charge >= 0.3 is 0 Å². The summed E-state index contributed by atoms with van der Waals surface area (Å²) in [7, 11) is 0. The maximum Gasteiger partial charge on any atom is -0.0332 e. The third-order valence-corrected chi connectivity index (χ3v) is 7.48. The van der Waals surface area contributed by atoms with Gasteiger partial charge in [-0.05, 0) is 71.0 Å². The first-order valence-corrected chi connectivity index (χ1v) is 11.5. The minimum Gasteiger partial charge on any atom is -0.0599 e. The van der Waals surface area contributed by atoms with Crippen molar-refractivity contribution in [1.29, 1.82) is 0 Å². The van der Waals surface area contributed by atoms with Gasteiger partial charge < -0.3 is 0 Å². The van der Waals surface area contributed by atoms with Crippen LogP contribution in [0.2, 0.25) is 0 Å². The van der Waals surface area contributed by atoms with Crippen LogP contribution in [0.1, 0.15) is 122 Å². The zero-order valence-corrected chi connectivity index (χ0v) is 20.6. The van der Waals surface area contributed by atoms with E-state index < -0.39 is 0 Å². The zero-order chi connectivity index (χ0) is 20.6. The summed E-state index contributed by atoms with van der Waals surface area (Å²) in [5, 5.41) is 0. The molecule has 0 aromatic carbocycles. The molecule has 0 saturated heterocycles. The first-order chi connectivity index (χ1) is 11.5. The first kappa shape index (κ1) is 24.0. The Balaban J connectivity index is 0.000000260. The van der Waals surface area contributed by atoms with Crippen LogP contribution in [0.15, 0.2) is 0 Å². The number of hydrogen-bond donors (Lipinski definition) is 0. The van der Waals surface area contributed by atoms with E-state index in [4.69, 9.17) is 0 Å². The van der Waals surface area contributed by atoms with Gasteiger partial charge in [-0.25, -0.2) is 0 Å². The van der Waals surface area contributed by atoms with E-state index in [1.807, 2.05) is 0 Å². The van der Waals surface area contributed by atoms with Crippen LogP contribution in [0.5, 0.6) is 0 Å². The SMILES string of the molecule is CC(C)(C)C1CCCC1C(C)(C)C.CC(C)(C)[C@@H]1CCC[C@@H]1C(C)(C)C. The molecule has 4 atom stereocenters. The molecule has 0 spiro atoms.